The summed E-state index contributed by atoms with van der Waals surface area (Å²) in [4.78, 5) is 25.8. The van der Waals surface area contributed by atoms with E-state index in [1.807, 2.05) is 48.5 Å². The summed E-state index contributed by atoms with van der Waals surface area (Å²) in [5, 5.41) is 0. The zero-order chi connectivity index (χ0) is 13.2. The number of hydrogen-bond donors (Lipinski definition) is 0. The average molecular weight is 268 g/mol. The van der Waals surface area contributed by atoms with Gasteiger partial charge in [-0.15, -0.1) is 11.8 Å². The number of benzene rings is 2. The number of Topliss-reactive ketones (excluding diaryl/α,β-unsaturated/α-hetero) is 2. The lowest BCUT2D eigenvalue weighted by Gasteiger charge is -2.12. The van der Waals surface area contributed by atoms with Gasteiger partial charge in [0.1, 0.15) is 5.92 Å². The van der Waals surface area contributed by atoms with E-state index < -0.39 is 5.92 Å². The van der Waals surface area contributed by atoms with Crippen LogP contribution in [0, 0.1) is 0 Å². The zero-order valence-electron chi connectivity index (χ0n) is 10.2. The largest absolute Gasteiger partial charge is 0.298 e. The van der Waals surface area contributed by atoms with Crippen LogP contribution in [-0.2, 0) is 4.79 Å². The Balaban J connectivity index is 2.10. The van der Waals surface area contributed by atoms with Gasteiger partial charge in [0, 0.05) is 10.5 Å². The van der Waals surface area contributed by atoms with E-state index >= 15 is 0 Å². The van der Waals surface area contributed by atoms with Crippen LogP contribution in [0.5, 0.6) is 0 Å². The predicted octanol–water partition coefficient (Wildman–Crippen LogP) is 3.33. The molecule has 94 valence electrons. The van der Waals surface area contributed by atoms with E-state index in [1.165, 1.54) is 11.8 Å². The Bertz CT molecular complexity index is 634. The summed E-state index contributed by atoms with van der Waals surface area (Å²) >= 11 is 1.45. The van der Waals surface area contributed by atoms with Gasteiger partial charge in [0.15, 0.2) is 11.6 Å². The summed E-state index contributed by atoms with van der Waals surface area (Å²) in [5.74, 6) is -0.408. The Kier molecular flexibility index (Phi) is 3.22. The Labute approximate surface area is 115 Å². The average Bonchev–Trinajstić information content (AvgIpc) is 2.58. The Morgan fingerprint density at radius 2 is 1.58 bits per heavy atom. The van der Waals surface area contributed by atoms with Crippen molar-refractivity contribution in [1.82, 2.24) is 0 Å². The van der Waals surface area contributed by atoms with Crippen molar-refractivity contribution in [2.75, 3.05) is 5.75 Å². The highest BCUT2D eigenvalue weighted by molar-refractivity contribution is 8.00. The molecule has 0 amide bonds. The highest BCUT2D eigenvalue weighted by Gasteiger charge is 2.33. The fourth-order valence-electron chi connectivity index (χ4n) is 2.31. The fraction of sp³-hybridized carbons (Fsp3) is 0.125. The first-order chi connectivity index (χ1) is 9.27. The van der Waals surface area contributed by atoms with E-state index in [-0.39, 0.29) is 11.6 Å². The minimum Gasteiger partial charge on any atom is -0.298 e. The molecule has 0 fully saturated rings. The Hall–Kier alpha value is -1.87. The smallest absolute Gasteiger partial charge is 0.178 e. The third-order valence-electron chi connectivity index (χ3n) is 3.24. The van der Waals surface area contributed by atoms with E-state index in [4.69, 9.17) is 0 Å². The zero-order valence-corrected chi connectivity index (χ0v) is 11.0. The summed E-state index contributed by atoms with van der Waals surface area (Å²) in [6.45, 7) is 0. The van der Waals surface area contributed by atoms with Crippen LogP contribution in [0.25, 0.3) is 0 Å². The minimum absolute atomic E-state index is 0.0163. The number of carbonyl (C=O) groups excluding carboxylic acids is 2. The van der Waals surface area contributed by atoms with Crippen molar-refractivity contribution in [3.05, 3.63) is 65.7 Å². The second kappa shape index (κ2) is 5.02. The van der Waals surface area contributed by atoms with E-state index in [9.17, 15) is 9.59 Å². The first-order valence-electron chi connectivity index (χ1n) is 6.11. The van der Waals surface area contributed by atoms with Gasteiger partial charge in [-0.3, -0.25) is 9.59 Å². The van der Waals surface area contributed by atoms with Crippen molar-refractivity contribution in [3.8, 4) is 0 Å². The molecule has 0 saturated heterocycles. The molecule has 2 aromatic rings. The highest BCUT2D eigenvalue weighted by Crippen LogP contribution is 2.33. The first-order valence-corrected chi connectivity index (χ1v) is 7.09. The van der Waals surface area contributed by atoms with Crippen molar-refractivity contribution < 1.29 is 9.59 Å². The standard InChI is InChI=1S/C16H12O2S/c17-13-10-19-14-9-5-4-8-12(14)16(18)15(13)11-6-2-1-3-7-11/h1-9,15H,10H2. The van der Waals surface area contributed by atoms with Gasteiger partial charge in [0.25, 0.3) is 0 Å². The van der Waals surface area contributed by atoms with Gasteiger partial charge in [-0.05, 0) is 11.6 Å². The van der Waals surface area contributed by atoms with Crippen LogP contribution in [0.4, 0.5) is 0 Å². The number of thioether (sulfide) groups is 1. The minimum atomic E-state index is -0.655. The van der Waals surface area contributed by atoms with Crippen LogP contribution in [0.1, 0.15) is 21.8 Å². The van der Waals surface area contributed by atoms with Crippen molar-refractivity contribution in [2.24, 2.45) is 0 Å². The van der Waals surface area contributed by atoms with Crippen LogP contribution in [-0.4, -0.2) is 17.3 Å². The fourth-order valence-corrected chi connectivity index (χ4v) is 3.28. The van der Waals surface area contributed by atoms with E-state index in [1.54, 1.807) is 6.07 Å². The SMILES string of the molecule is O=C1CSc2ccccc2C(=O)C1c1ccccc1. The third kappa shape index (κ3) is 2.22. The Morgan fingerprint density at radius 1 is 0.895 bits per heavy atom. The number of carbonyl (C=O) groups is 2. The molecule has 1 aliphatic heterocycles. The monoisotopic (exact) mass is 268 g/mol. The molecule has 2 aromatic carbocycles. The maximum atomic E-state index is 12.6. The Morgan fingerprint density at radius 3 is 2.37 bits per heavy atom. The molecular weight excluding hydrogens is 256 g/mol. The van der Waals surface area contributed by atoms with Crippen LogP contribution in [0.3, 0.4) is 0 Å². The first kappa shape index (κ1) is 12.2. The molecule has 1 unspecified atom stereocenters. The summed E-state index contributed by atoms with van der Waals surface area (Å²) in [7, 11) is 0. The molecule has 3 heteroatoms. The molecule has 1 aliphatic rings. The van der Waals surface area contributed by atoms with Gasteiger partial charge in [0.2, 0.25) is 0 Å². The van der Waals surface area contributed by atoms with Crippen molar-refractivity contribution in [3.63, 3.8) is 0 Å². The number of hydrogen-bond acceptors (Lipinski definition) is 3. The summed E-state index contributed by atoms with van der Waals surface area (Å²) in [6, 6.07) is 16.7. The van der Waals surface area contributed by atoms with Crippen molar-refractivity contribution in [1.29, 1.82) is 0 Å². The molecule has 0 aromatic heterocycles. The second-order valence-electron chi connectivity index (χ2n) is 4.46. The predicted molar refractivity (Wildman–Crippen MR) is 75.7 cm³/mol. The molecule has 2 nitrogen and oxygen atoms in total. The molecule has 0 spiro atoms. The van der Waals surface area contributed by atoms with Gasteiger partial charge in [-0.25, -0.2) is 0 Å². The lowest BCUT2D eigenvalue weighted by Crippen LogP contribution is -2.22. The van der Waals surface area contributed by atoms with Crippen LogP contribution in [0.15, 0.2) is 59.5 Å². The molecule has 3 rings (SSSR count). The molecule has 1 heterocycles. The van der Waals surface area contributed by atoms with Gasteiger partial charge >= 0.3 is 0 Å². The number of rotatable bonds is 1. The van der Waals surface area contributed by atoms with Gasteiger partial charge in [-0.2, -0.15) is 0 Å². The van der Waals surface area contributed by atoms with Crippen LogP contribution >= 0.6 is 11.8 Å². The van der Waals surface area contributed by atoms with Gasteiger partial charge < -0.3 is 0 Å². The maximum absolute atomic E-state index is 12.6. The molecular formula is C16H12O2S. The van der Waals surface area contributed by atoms with E-state index in [2.05, 4.69) is 0 Å². The summed E-state index contributed by atoms with van der Waals surface area (Å²) in [6.07, 6.45) is 0. The lowest BCUT2D eigenvalue weighted by atomic mass is 9.88. The lowest BCUT2D eigenvalue weighted by molar-refractivity contribution is -0.117. The van der Waals surface area contributed by atoms with E-state index in [0.717, 1.165) is 10.5 Å². The van der Waals surface area contributed by atoms with Gasteiger partial charge in [-0.1, -0.05) is 48.5 Å². The molecule has 0 radical (unpaired) electrons. The molecule has 0 N–H and O–H groups in total. The second-order valence-corrected chi connectivity index (χ2v) is 5.48. The summed E-state index contributed by atoms with van der Waals surface area (Å²) in [5.41, 5.74) is 1.45. The molecule has 19 heavy (non-hydrogen) atoms. The normalized spacial score (nSPS) is 18.8. The number of fused-ring (bicyclic) bond motifs is 1. The molecule has 0 bridgehead atoms. The van der Waals surface area contributed by atoms with Crippen LogP contribution < -0.4 is 0 Å². The van der Waals surface area contributed by atoms with Crippen molar-refractivity contribution >= 4 is 23.3 Å². The van der Waals surface area contributed by atoms with Crippen LogP contribution in [0.2, 0.25) is 0 Å². The van der Waals surface area contributed by atoms with Gasteiger partial charge in [0.05, 0.1) is 5.75 Å². The highest BCUT2D eigenvalue weighted by atomic mass is 32.2. The summed E-state index contributed by atoms with van der Waals surface area (Å²) < 4.78 is 0. The topological polar surface area (TPSA) is 34.1 Å². The quantitative estimate of drug-likeness (QED) is 0.744. The van der Waals surface area contributed by atoms with Crippen molar-refractivity contribution in [2.45, 2.75) is 10.8 Å². The molecule has 0 saturated carbocycles. The van der Waals surface area contributed by atoms with E-state index in [0.29, 0.717) is 11.3 Å². The number of ketones is 2. The third-order valence-corrected chi connectivity index (χ3v) is 4.34. The maximum Gasteiger partial charge on any atom is 0.178 e. The molecule has 1 atom stereocenters. The molecule has 0 aliphatic carbocycles.